The molecular formula is C29H21N5O2. The van der Waals surface area contributed by atoms with E-state index in [1.165, 1.54) is 0 Å². The zero-order valence-electron chi connectivity index (χ0n) is 19.2. The topological polar surface area (TPSA) is 93.3 Å². The Kier molecular flexibility index (Phi) is 5.63. The SMILES string of the molecule is O=C1Cc2ccccc2C(c2ccccc2)=NC1Nc1nnc(-c2ccccc2-c2ccncc2)o1. The van der Waals surface area contributed by atoms with Crippen LogP contribution in [0.5, 0.6) is 0 Å². The summed E-state index contributed by atoms with van der Waals surface area (Å²) in [6.07, 6.45) is 2.87. The van der Waals surface area contributed by atoms with Crippen molar-refractivity contribution in [3.05, 3.63) is 120 Å². The average molecular weight is 472 g/mol. The summed E-state index contributed by atoms with van der Waals surface area (Å²) in [5.74, 6) is 0.270. The summed E-state index contributed by atoms with van der Waals surface area (Å²) in [5, 5.41) is 11.5. The van der Waals surface area contributed by atoms with Crippen LogP contribution >= 0.6 is 0 Å². The van der Waals surface area contributed by atoms with E-state index in [9.17, 15) is 4.79 Å². The van der Waals surface area contributed by atoms with Gasteiger partial charge in [-0.3, -0.25) is 14.8 Å². The molecule has 0 radical (unpaired) electrons. The number of aliphatic imine (C=N–C) groups is 1. The van der Waals surface area contributed by atoms with Crippen LogP contribution in [0.4, 0.5) is 6.01 Å². The van der Waals surface area contributed by atoms with Gasteiger partial charge < -0.3 is 9.73 Å². The van der Waals surface area contributed by atoms with Crippen molar-refractivity contribution >= 4 is 17.5 Å². The minimum absolute atomic E-state index is 0.0784. The van der Waals surface area contributed by atoms with E-state index in [0.717, 1.165) is 39.1 Å². The molecule has 5 aromatic rings. The molecule has 7 heteroatoms. The van der Waals surface area contributed by atoms with Crippen molar-refractivity contribution in [1.29, 1.82) is 0 Å². The van der Waals surface area contributed by atoms with Crippen molar-refractivity contribution in [3.8, 4) is 22.6 Å². The van der Waals surface area contributed by atoms with Crippen molar-refractivity contribution in [1.82, 2.24) is 15.2 Å². The lowest BCUT2D eigenvalue weighted by atomic mass is 9.96. The van der Waals surface area contributed by atoms with Crippen LogP contribution in [0.3, 0.4) is 0 Å². The molecule has 0 aliphatic carbocycles. The number of fused-ring (bicyclic) bond motifs is 1. The van der Waals surface area contributed by atoms with Crippen LogP contribution in [0, 0.1) is 0 Å². The maximum Gasteiger partial charge on any atom is 0.317 e. The number of nitrogens with one attached hydrogen (secondary N) is 1. The minimum atomic E-state index is -0.864. The second-order valence-corrected chi connectivity index (χ2v) is 8.38. The Labute approximate surface area is 207 Å². The fourth-order valence-electron chi connectivity index (χ4n) is 4.36. The molecule has 6 rings (SSSR count). The van der Waals surface area contributed by atoms with E-state index < -0.39 is 6.17 Å². The lowest BCUT2D eigenvalue weighted by Gasteiger charge is -2.12. The highest BCUT2D eigenvalue weighted by molar-refractivity contribution is 6.16. The van der Waals surface area contributed by atoms with Crippen LogP contribution < -0.4 is 5.32 Å². The Hall–Kier alpha value is -4.91. The van der Waals surface area contributed by atoms with Gasteiger partial charge in [0.1, 0.15) is 0 Å². The molecule has 0 spiro atoms. The molecule has 174 valence electrons. The molecule has 0 fully saturated rings. The molecule has 1 aliphatic rings. The van der Waals surface area contributed by atoms with Gasteiger partial charge in [0.15, 0.2) is 11.9 Å². The number of hydrogen-bond donors (Lipinski definition) is 1. The third-order valence-corrected chi connectivity index (χ3v) is 6.08. The van der Waals surface area contributed by atoms with Crippen LogP contribution in [-0.2, 0) is 11.2 Å². The first-order valence-corrected chi connectivity index (χ1v) is 11.6. The van der Waals surface area contributed by atoms with Crippen LogP contribution in [0.1, 0.15) is 16.7 Å². The number of rotatable bonds is 5. The average Bonchev–Trinajstić information content (AvgIpc) is 3.35. The van der Waals surface area contributed by atoms with Crippen LogP contribution in [-0.4, -0.2) is 32.8 Å². The normalized spacial score (nSPS) is 15.1. The molecule has 1 N–H and O–H groups in total. The largest absolute Gasteiger partial charge is 0.403 e. The number of pyridine rings is 1. The second-order valence-electron chi connectivity index (χ2n) is 8.38. The number of benzene rings is 3. The van der Waals surface area contributed by atoms with E-state index in [0.29, 0.717) is 5.89 Å². The highest BCUT2D eigenvalue weighted by Crippen LogP contribution is 2.32. The molecule has 2 aromatic heterocycles. The molecule has 1 unspecified atom stereocenters. The molecular weight excluding hydrogens is 450 g/mol. The Balaban J connectivity index is 1.35. The van der Waals surface area contributed by atoms with Crippen molar-refractivity contribution in [2.24, 2.45) is 4.99 Å². The fraction of sp³-hybridized carbons (Fsp3) is 0.0690. The van der Waals surface area contributed by atoms with E-state index in [4.69, 9.17) is 9.41 Å². The van der Waals surface area contributed by atoms with Crippen molar-refractivity contribution in [2.75, 3.05) is 5.32 Å². The standard InChI is InChI=1S/C29H21N5O2/c35-25-18-21-10-4-5-12-23(21)26(20-8-2-1-3-9-20)31-27(25)32-29-34-33-28(36-29)24-13-7-6-11-22(24)19-14-16-30-17-15-19/h1-17,27H,18H2,(H,32,34). The zero-order chi connectivity index (χ0) is 24.3. The lowest BCUT2D eigenvalue weighted by molar-refractivity contribution is -0.119. The molecule has 3 heterocycles. The first-order chi connectivity index (χ1) is 17.8. The summed E-state index contributed by atoms with van der Waals surface area (Å²) in [6.45, 7) is 0. The molecule has 3 aromatic carbocycles. The van der Waals surface area contributed by atoms with Crippen molar-refractivity contribution < 1.29 is 9.21 Å². The van der Waals surface area contributed by atoms with Gasteiger partial charge in [-0.15, -0.1) is 5.10 Å². The van der Waals surface area contributed by atoms with Gasteiger partial charge in [0.05, 0.1) is 5.71 Å². The van der Waals surface area contributed by atoms with Crippen LogP contribution in [0.25, 0.3) is 22.6 Å². The van der Waals surface area contributed by atoms with Crippen LogP contribution in [0.2, 0.25) is 0 Å². The summed E-state index contributed by atoms with van der Waals surface area (Å²) in [5.41, 5.74) is 6.28. The van der Waals surface area contributed by atoms with Gasteiger partial charge in [-0.05, 0) is 34.9 Å². The van der Waals surface area contributed by atoms with Gasteiger partial charge in [0.2, 0.25) is 5.89 Å². The Morgan fingerprint density at radius 3 is 2.22 bits per heavy atom. The minimum Gasteiger partial charge on any atom is -0.403 e. The quantitative estimate of drug-likeness (QED) is 0.379. The van der Waals surface area contributed by atoms with Crippen molar-refractivity contribution in [3.63, 3.8) is 0 Å². The van der Waals surface area contributed by atoms with E-state index in [-0.39, 0.29) is 18.2 Å². The predicted octanol–water partition coefficient (Wildman–Crippen LogP) is 5.20. The number of ketones is 1. The van der Waals surface area contributed by atoms with E-state index in [1.54, 1.807) is 12.4 Å². The van der Waals surface area contributed by atoms with Gasteiger partial charge in [0, 0.05) is 35.5 Å². The third kappa shape index (κ3) is 4.18. The highest BCUT2D eigenvalue weighted by Gasteiger charge is 2.27. The first kappa shape index (κ1) is 21.6. The predicted molar refractivity (Wildman–Crippen MR) is 138 cm³/mol. The molecule has 0 saturated carbocycles. The molecule has 7 nitrogen and oxygen atoms in total. The summed E-state index contributed by atoms with van der Waals surface area (Å²) >= 11 is 0. The first-order valence-electron chi connectivity index (χ1n) is 11.6. The summed E-state index contributed by atoms with van der Waals surface area (Å²) in [7, 11) is 0. The van der Waals surface area contributed by atoms with Crippen LogP contribution in [0.15, 0.2) is 113 Å². The monoisotopic (exact) mass is 471 g/mol. The second kappa shape index (κ2) is 9.38. The summed E-state index contributed by atoms with van der Waals surface area (Å²) in [4.78, 5) is 22.1. The lowest BCUT2D eigenvalue weighted by Crippen LogP contribution is -2.29. The fourth-order valence-corrected chi connectivity index (χ4v) is 4.36. The number of nitrogens with zero attached hydrogens (tertiary/aromatic N) is 4. The van der Waals surface area contributed by atoms with Gasteiger partial charge in [0.25, 0.3) is 0 Å². The molecule has 1 atom stereocenters. The van der Waals surface area contributed by atoms with Crippen molar-refractivity contribution in [2.45, 2.75) is 12.6 Å². The molecule has 1 aliphatic heterocycles. The van der Waals surface area contributed by atoms with Gasteiger partial charge in [-0.25, -0.2) is 0 Å². The Morgan fingerprint density at radius 2 is 1.42 bits per heavy atom. The van der Waals surface area contributed by atoms with E-state index in [2.05, 4.69) is 20.5 Å². The maximum atomic E-state index is 13.2. The molecule has 0 amide bonds. The number of carbonyl (C=O) groups excluding carboxylic acids is 1. The van der Waals surface area contributed by atoms with E-state index in [1.807, 2.05) is 91.0 Å². The van der Waals surface area contributed by atoms with E-state index >= 15 is 0 Å². The number of aromatic nitrogens is 3. The number of anilines is 1. The molecule has 36 heavy (non-hydrogen) atoms. The molecule has 0 bridgehead atoms. The van der Waals surface area contributed by atoms with Gasteiger partial charge in [-0.2, -0.15) is 0 Å². The number of carbonyl (C=O) groups is 1. The van der Waals surface area contributed by atoms with Gasteiger partial charge >= 0.3 is 6.01 Å². The molecule has 0 saturated heterocycles. The number of hydrogen-bond acceptors (Lipinski definition) is 7. The Bertz CT molecular complexity index is 1560. The Morgan fingerprint density at radius 1 is 0.722 bits per heavy atom. The smallest absolute Gasteiger partial charge is 0.317 e. The highest BCUT2D eigenvalue weighted by atomic mass is 16.4. The zero-order valence-corrected chi connectivity index (χ0v) is 19.2. The summed E-state index contributed by atoms with van der Waals surface area (Å²) < 4.78 is 5.97. The number of Topliss-reactive ketones (excluding diaryl/α,β-unsaturated/α-hetero) is 1. The third-order valence-electron chi connectivity index (χ3n) is 6.08. The summed E-state index contributed by atoms with van der Waals surface area (Å²) in [6, 6.07) is 29.5. The maximum absolute atomic E-state index is 13.2. The van der Waals surface area contributed by atoms with Gasteiger partial charge in [-0.1, -0.05) is 77.9 Å².